The molecule has 0 saturated carbocycles. The Kier molecular flexibility index (Phi) is 4.24. The van der Waals surface area contributed by atoms with Gasteiger partial charge in [0.1, 0.15) is 5.82 Å². The van der Waals surface area contributed by atoms with Crippen LogP contribution >= 0.6 is 15.9 Å². The lowest BCUT2D eigenvalue weighted by Crippen LogP contribution is -2.33. The SMILES string of the molecule is Cc1c(Br)cnc(N)c1-c1ccc(C2CNCCO2)cc1. The fraction of sp³-hybridized carbons (Fsp3) is 0.312. The third kappa shape index (κ3) is 2.95. The third-order valence-electron chi connectivity index (χ3n) is 3.81. The van der Waals surface area contributed by atoms with Gasteiger partial charge in [-0.2, -0.15) is 0 Å². The zero-order chi connectivity index (χ0) is 14.8. The summed E-state index contributed by atoms with van der Waals surface area (Å²) in [5.41, 5.74) is 10.4. The van der Waals surface area contributed by atoms with Crippen LogP contribution in [-0.2, 0) is 4.74 Å². The van der Waals surface area contributed by atoms with Crippen molar-refractivity contribution in [3.8, 4) is 11.1 Å². The number of nitrogens with one attached hydrogen (secondary N) is 1. The van der Waals surface area contributed by atoms with Crippen LogP contribution in [0.3, 0.4) is 0 Å². The highest BCUT2D eigenvalue weighted by Gasteiger charge is 2.16. The number of pyridine rings is 1. The number of benzene rings is 1. The van der Waals surface area contributed by atoms with Gasteiger partial charge in [-0.25, -0.2) is 4.98 Å². The van der Waals surface area contributed by atoms with Crippen LogP contribution in [0, 0.1) is 6.92 Å². The zero-order valence-corrected chi connectivity index (χ0v) is 13.5. The average Bonchev–Trinajstić information content (AvgIpc) is 2.53. The molecule has 1 saturated heterocycles. The number of aromatic nitrogens is 1. The van der Waals surface area contributed by atoms with Gasteiger partial charge in [-0.05, 0) is 39.5 Å². The fourth-order valence-corrected chi connectivity index (χ4v) is 2.91. The predicted octanol–water partition coefficient (Wildman–Crippen LogP) is 3.06. The smallest absolute Gasteiger partial charge is 0.131 e. The van der Waals surface area contributed by atoms with Crippen LogP contribution in [0.25, 0.3) is 11.1 Å². The van der Waals surface area contributed by atoms with Crippen LogP contribution in [-0.4, -0.2) is 24.7 Å². The number of hydrogen-bond donors (Lipinski definition) is 2. The van der Waals surface area contributed by atoms with Gasteiger partial charge in [0.25, 0.3) is 0 Å². The van der Waals surface area contributed by atoms with Crippen LogP contribution in [0.1, 0.15) is 17.2 Å². The van der Waals surface area contributed by atoms with Crippen molar-refractivity contribution >= 4 is 21.7 Å². The second kappa shape index (κ2) is 6.13. The Labute approximate surface area is 132 Å². The fourth-order valence-electron chi connectivity index (χ4n) is 2.61. The third-order valence-corrected chi connectivity index (χ3v) is 4.60. The van der Waals surface area contributed by atoms with E-state index in [0.29, 0.717) is 5.82 Å². The Morgan fingerprint density at radius 1 is 1.33 bits per heavy atom. The summed E-state index contributed by atoms with van der Waals surface area (Å²) < 4.78 is 6.74. The molecule has 1 unspecified atom stereocenters. The molecule has 2 aromatic rings. The molecule has 1 fully saturated rings. The van der Waals surface area contributed by atoms with Gasteiger partial charge in [-0.3, -0.25) is 0 Å². The molecule has 1 atom stereocenters. The van der Waals surface area contributed by atoms with E-state index in [1.54, 1.807) is 6.20 Å². The summed E-state index contributed by atoms with van der Waals surface area (Å²) in [6.07, 6.45) is 1.87. The van der Waals surface area contributed by atoms with Crippen molar-refractivity contribution in [2.24, 2.45) is 0 Å². The van der Waals surface area contributed by atoms with Crippen LogP contribution < -0.4 is 11.1 Å². The van der Waals surface area contributed by atoms with Gasteiger partial charge in [-0.15, -0.1) is 0 Å². The molecule has 3 rings (SSSR count). The normalized spacial score (nSPS) is 18.7. The highest BCUT2D eigenvalue weighted by atomic mass is 79.9. The molecular weight excluding hydrogens is 330 g/mol. The molecule has 0 aliphatic carbocycles. The van der Waals surface area contributed by atoms with E-state index in [4.69, 9.17) is 10.5 Å². The summed E-state index contributed by atoms with van der Waals surface area (Å²) in [5, 5.41) is 3.34. The molecule has 1 aliphatic heterocycles. The zero-order valence-electron chi connectivity index (χ0n) is 11.9. The first-order chi connectivity index (χ1) is 10.2. The van der Waals surface area contributed by atoms with E-state index in [-0.39, 0.29) is 6.10 Å². The molecule has 0 bridgehead atoms. The molecule has 0 amide bonds. The molecular formula is C16H18BrN3O. The van der Waals surface area contributed by atoms with Gasteiger partial charge in [0.2, 0.25) is 0 Å². The summed E-state index contributed by atoms with van der Waals surface area (Å²) >= 11 is 3.51. The Balaban J connectivity index is 1.92. The molecule has 5 heteroatoms. The lowest BCUT2D eigenvalue weighted by molar-refractivity contribution is 0.0277. The van der Waals surface area contributed by atoms with E-state index in [9.17, 15) is 0 Å². The number of rotatable bonds is 2. The lowest BCUT2D eigenvalue weighted by Gasteiger charge is -2.24. The van der Waals surface area contributed by atoms with Gasteiger partial charge < -0.3 is 15.8 Å². The highest BCUT2D eigenvalue weighted by Crippen LogP contribution is 2.33. The van der Waals surface area contributed by atoms with E-state index >= 15 is 0 Å². The van der Waals surface area contributed by atoms with Crippen molar-refractivity contribution in [3.63, 3.8) is 0 Å². The summed E-state index contributed by atoms with van der Waals surface area (Å²) in [5.74, 6) is 0.555. The number of nitrogens with two attached hydrogens (primary N) is 1. The van der Waals surface area contributed by atoms with Crippen LogP contribution in [0.2, 0.25) is 0 Å². The van der Waals surface area contributed by atoms with Gasteiger partial charge >= 0.3 is 0 Å². The molecule has 21 heavy (non-hydrogen) atoms. The Morgan fingerprint density at radius 3 is 2.76 bits per heavy atom. The van der Waals surface area contributed by atoms with Crippen molar-refractivity contribution in [1.82, 2.24) is 10.3 Å². The number of anilines is 1. The maximum atomic E-state index is 6.04. The molecule has 1 aliphatic rings. The molecule has 1 aromatic carbocycles. The summed E-state index contributed by atoms with van der Waals surface area (Å²) in [4.78, 5) is 4.22. The van der Waals surface area contributed by atoms with Crippen molar-refractivity contribution in [3.05, 3.63) is 46.1 Å². The van der Waals surface area contributed by atoms with Gasteiger partial charge in [0.05, 0.1) is 12.7 Å². The predicted molar refractivity (Wildman–Crippen MR) is 88.1 cm³/mol. The van der Waals surface area contributed by atoms with Crippen molar-refractivity contribution in [1.29, 1.82) is 0 Å². The molecule has 2 heterocycles. The second-order valence-electron chi connectivity index (χ2n) is 5.18. The summed E-state index contributed by atoms with van der Waals surface area (Å²) in [7, 11) is 0. The first-order valence-electron chi connectivity index (χ1n) is 7.00. The summed E-state index contributed by atoms with van der Waals surface area (Å²) in [6, 6.07) is 8.37. The molecule has 0 spiro atoms. The van der Waals surface area contributed by atoms with E-state index in [1.165, 1.54) is 5.56 Å². The largest absolute Gasteiger partial charge is 0.383 e. The number of nitrogens with zero attached hydrogens (tertiary/aromatic N) is 1. The van der Waals surface area contributed by atoms with Crippen LogP contribution in [0.4, 0.5) is 5.82 Å². The van der Waals surface area contributed by atoms with Gasteiger partial charge in [-0.1, -0.05) is 24.3 Å². The maximum absolute atomic E-state index is 6.04. The standard InChI is InChI=1S/C16H18BrN3O/c1-10-13(17)8-20-16(18)15(10)12-4-2-11(3-5-12)14-9-19-6-7-21-14/h2-5,8,14,19H,6-7,9H2,1H3,(H2,18,20). The van der Waals surface area contributed by atoms with Crippen molar-refractivity contribution in [2.45, 2.75) is 13.0 Å². The van der Waals surface area contributed by atoms with Crippen LogP contribution in [0.5, 0.6) is 0 Å². The minimum absolute atomic E-state index is 0.131. The monoisotopic (exact) mass is 347 g/mol. The number of nitrogen functional groups attached to an aromatic ring is 1. The number of morpholine rings is 1. The maximum Gasteiger partial charge on any atom is 0.131 e. The Morgan fingerprint density at radius 2 is 2.10 bits per heavy atom. The molecule has 1 aromatic heterocycles. The quantitative estimate of drug-likeness (QED) is 0.876. The van der Waals surface area contributed by atoms with Gasteiger partial charge in [0, 0.05) is 29.3 Å². The first-order valence-corrected chi connectivity index (χ1v) is 7.79. The minimum atomic E-state index is 0.131. The molecule has 110 valence electrons. The second-order valence-corrected chi connectivity index (χ2v) is 6.03. The van der Waals surface area contributed by atoms with Gasteiger partial charge in [0.15, 0.2) is 0 Å². The van der Waals surface area contributed by atoms with E-state index in [0.717, 1.165) is 40.9 Å². The molecule has 3 N–H and O–H groups in total. The average molecular weight is 348 g/mol. The molecule has 4 nitrogen and oxygen atoms in total. The minimum Gasteiger partial charge on any atom is -0.383 e. The van der Waals surface area contributed by atoms with Crippen molar-refractivity contribution < 1.29 is 4.74 Å². The van der Waals surface area contributed by atoms with E-state index < -0.39 is 0 Å². The topological polar surface area (TPSA) is 60.2 Å². The van der Waals surface area contributed by atoms with E-state index in [1.807, 2.05) is 6.92 Å². The van der Waals surface area contributed by atoms with E-state index in [2.05, 4.69) is 50.5 Å². The highest BCUT2D eigenvalue weighted by molar-refractivity contribution is 9.10. The Bertz CT molecular complexity index is 637. The summed E-state index contributed by atoms with van der Waals surface area (Å²) in [6.45, 7) is 4.58. The molecule has 0 radical (unpaired) electrons. The lowest BCUT2D eigenvalue weighted by atomic mass is 9.99. The van der Waals surface area contributed by atoms with Crippen molar-refractivity contribution in [2.75, 3.05) is 25.4 Å². The Hall–Kier alpha value is -1.43. The number of hydrogen-bond acceptors (Lipinski definition) is 4. The number of halogens is 1. The first kappa shape index (κ1) is 14.5. The van der Waals surface area contributed by atoms with Crippen LogP contribution in [0.15, 0.2) is 34.9 Å². The number of ether oxygens (including phenoxy) is 1.